The summed E-state index contributed by atoms with van der Waals surface area (Å²) in [6.07, 6.45) is -3.66. The Hall–Kier alpha value is -1.78. The maximum absolute atomic E-state index is 12.8. The molecule has 28 heavy (non-hydrogen) atoms. The lowest BCUT2D eigenvalue weighted by molar-refractivity contribution is -0.137. The Morgan fingerprint density at radius 2 is 1.96 bits per heavy atom. The highest BCUT2D eigenvalue weighted by Crippen LogP contribution is 2.31. The van der Waals surface area contributed by atoms with E-state index in [9.17, 15) is 13.2 Å². The third-order valence-electron chi connectivity index (χ3n) is 4.36. The molecule has 1 aromatic carbocycles. The molecule has 2 aromatic rings. The lowest BCUT2D eigenvalue weighted by Crippen LogP contribution is -2.37. The average molecular weight is 510 g/mol. The van der Waals surface area contributed by atoms with Crippen LogP contribution < -0.4 is 10.6 Å². The highest BCUT2D eigenvalue weighted by molar-refractivity contribution is 14.0. The average Bonchev–Trinajstić information content (AvgIpc) is 2.95. The van der Waals surface area contributed by atoms with E-state index in [2.05, 4.69) is 20.6 Å². The summed E-state index contributed by atoms with van der Waals surface area (Å²) in [6.45, 7) is 6.61. The van der Waals surface area contributed by atoms with Crippen molar-refractivity contribution in [2.24, 2.45) is 4.99 Å². The van der Waals surface area contributed by atoms with Gasteiger partial charge < -0.3 is 15.1 Å². The van der Waals surface area contributed by atoms with Gasteiger partial charge in [0.1, 0.15) is 5.76 Å². The van der Waals surface area contributed by atoms with Crippen molar-refractivity contribution in [3.05, 3.63) is 52.7 Å². The van der Waals surface area contributed by atoms with Crippen LogP contribution in [0.15, 0.2) is 33.7 Å². The van der Waals surface area contributed by atoms with Gasteiger partial charge in [-0.1, -0.05) is 25.1 Å². The van der Waals surface area contributed by atoms with Gasteiger partial charge in [-0.3, -0.25) is 4.99 Å². The summed E-state index contributed by atoms with van der Waals surface area (Å²) in [5.74, 6) is 1.92. The fourth-order valence-electron chi connectivity index (χ4n) is 2.59. The number of aliphatic imine (C=N–C) groups is 1. The first-order valence-electron chi connectivity index (χ1n) is 8.75. The van der Waals surface area contributed by atoms with Crippen LogP contribution in [0.1, 0.15) is 47.7 Å². The molecule has 0 radical (unpaired) electrons. The van der Waals surface area contributed by atoms with Gasteiger partial charge in [-0.25, -0.2) is 4.98 Å². The summed E-state index contributed by atoms with van der Waals surface area (Å²) >= 11 is 0. The Bertz CT molecular complexity index is 770. The SMILES string of the molecule is CN=C(NCCC(C)c1cccc(C(F)(F)F)c1)NCc1nc(C)c(C)o1.I. The number of nitrogens with one attached hydrogen (secondary N) is 2. The smallest absolute Gasteiger partial charge is 0.416 e. The van der Waals surface area contributed by atoms with E-state index >= 15 is 0 Å². The first-order chi connectivity index (χ1) is 12.7. The topological polar surface area (TPSA) is 62.5 Å². The number of rotatable bonds is 6. The standard InChI is InChI=1S/C19H25F3N4O.HI/c1-12(15-6-5-7-16(10-15)19(20,21)22)8-9-24-18(23-4)25-11-17-26-13(2)14(3)27-17;/h5-7,10,12H,8-9,11H2,1-4H3,(H2,23,24,25);1H. The minimum absolute atomic E-state index is 0. The molecular weight excluding hydrogens is 484 g/mol. The fraction of sp³-hybridized carbons (Fsp3) is 0.474. The summed E-state index contributed by atoms with van der Waals surface area (Å²) in [5, 5.41) is 6.26. The van der Waals surface area contributed by atoms with Gasteiger partial charge in [-0.15, -0.1) is 24.0 Å². The third kappa shape index (κ3) is 6.99. The maximum atomic E-state index is 12.8. The Labute approximate surface area is 180 Å². The van der Waals surface area contributed by atoms with Crippen LogP contribution in [0.3, 0.4) is 0 Å². The molecule has 0 fully saturated rings. The van der Waals surface area contributed by atoms with Gasteiger partial charge in [0.05, 0.1) is 17.8 Å². The highest BCUT2D eigenvalue weighted by atomic mass is 127. The molecule has 1 heterocycles. The number of benzene rings is 1. The molecule has 0 aliphatic carbocycles. The first-order valence-corrected chi connectivity index (χ1v) is 8.75. The first kappa shape index (κ1) is 24.3. The second-order valence-corrected chi connectivity index (χ2v) is 6.41. The van der Waals surface area contributed by atoms with Crippen molar-refractivity contribution in [2.45, 2.75) is 45.8 Å². The minimum atomic E-state index is -4.32. The molecular formula is C19H26F3IN4O. The number of guanidine groups is 1. The molecule has 0 spiro atoms. The number of hydrogen-bond donors (Lipinski definition) is 2. The second-order valence-electron chi connectivity index (χ2n) is 6.41. The van der Waals surface area contributed by atoms with Gasteiger partial charge in [0.2, 0.25) is 5.89 Å². The van der Waals surface area contributed by atoms with E-state index in [4.69, 9.17) is 4.42 Å². The molecule has 9 heteroatoms. The van der Waals surface area contributed by atoms with E-state index in [1.54, 1.807) is 13.1 Å². The quantitative estimate of drug-likeness (QED) is 0.334. The Morgan fingerprint density at radius 1 is 1.25 bits per heavy atom. The molecule has 0 bridgehead atoms. The molecule has 1 unspecified atom stereocenters. The lowest BCUT2D eigenvalue weighted by Gasteiger charge is -2.16. The number of nitrogens with zero attached hydrogens (tertiary/aromatic N) is 2. The molecule has 156 valence electrons. The van der Waals surface area contributed by atoms with Crippen molar-refractivity contribution in [1.82, 2.24) is 15.6 Å². The van der Waals surface area contributed by atoms with Crippen LogP contribution in [0.2, 0.25) is 0 Å². The molecule has 2 N–H and O–H groups in total. The molecule has 0 saturated carbocycles. The van der Waals surface area contributed by atoms with Gasteiger partial charge in [-0.2, -0.15) is 13.2 Å². The van der Waals surface area contributed by atoms with Crippen LogP contribution >= 0.6 is 24.0 Å². The highest BCUT2D eigenvalue weighted by Gasteiger charge is 2.30. The zero-order valence-corrected chi connectivity index (χ0v) is 18.7. The Kier molecular flexibility index (Phi) is 9.25. The Morgan fingerprint density at radius 3 is 2.54 bits per heavy atom. The van der Waals surface area contributed by atoms with Crippen LogP contribution in [0, 0.1) is 13.8 Å². The fourth-order valence-corrected chi connectivity index (χ4v) is 2.59. The van der Waals surface area contributed by atoms with Gasteiger partial charge in [0, 0.05) is 13.6 Å². The van der Waals surface area contributed by atoms with Crippen molar-refractivity contribution in [1.29, 1.82) is 0 Å². The van der Waals surface area contributed by atoms with Crippen LogP contribution in [0.4, 0.5) is 13.2 Å². The lowest BCUT2D eigenvalue weighted by atomic mass is 9.96. The summed E-state index contributed by atoms with van der Waals surface area (Å²) in [5.41, 5.74) is 0.902. The molecule has 0 amide bonds. The van der Waals surface area contributed by atoms with Gasteiger partial charge in [0.15, 0.2) is 5.96 Å². The zero-order valence-electron chi connectivity index (χ0n) is 16.4. The van der Waals surface area contributed by atoms with Crippen molar-refractivity contribution in [2.75, 3.05) is 13.6 Å². The third-order valence-corrected chi connectivity index (χ3v) is 4.36. The van der Waals surface area contributed by atoms with E-state index < -0.39 is 11.7 Å². The molecule has 5 nitrogen and oxygen atoms in total. The largest absolute Gasteiger partial charge is 0.444 e. The van der Waals surface area contributed by atoms with E-state index in [0.29, 0.717) is 36.9 Å². The van der Waals surface area contributed by atoms with E-state index in [1.165, 1.54) is 12.1 Å². The molecule has 2 rings (SSSR count). The van der Waals surface area contributed by atoms with Crippen molar-refractivity contribution >= 4 is 29.9 Å². The van der Waals surface area contributed by atoms with E-state index in [0.717, 1.165) is 17.5 Å². The molecule has 0 saturated heterocycles. The summed E-state index contributed by atoms with van der Waals surface area (Å²) in [6, 6.07) is 5.47. The predicted octanol–water partition coefficient (Wildman–Crippen LogP) is 4.79. The van der Waals surface area contributed by atoms with E-state index in [1.807, 2.05) is 20.8 Å². The monoisotopic (exact) mass is 510 g/mol. The maximum Gasteiger partial charge on any atom is 0.416 e. The van der Waals surface area contributed by atoms with Crippen LogP contribution in [0.25, 0.3) is 0 Å². The van der Waals surface area contributed by atoms with Crippen LogP contribution in [0.5, 0.6) is 0 Å². The van der Waals surface area contributed by atoms with Gasteiger partial charge in [0.25, 0.3) is 0 Å². The number of halogens is 4. The summed E-state index contributed by atoms with van der Waals surface area (Å²) in [4.78, 5) is 8.41. The van der Waals surface area contributed by atoms with Crippen molar-refractivity contribution < 1.29 is 17.6 Å². The van der Waals surface area contributed by atoms with Gasteiger partial charge >= 0.3 is 6.18 Å². The van der Waals surface area contributed by atoms with Crippen LogP contribution in [-0.2, 0) is 12.7 Å². The summed E-state index contributed by atoms with van der Waals surface area (Å²) in [7, 11) is 1.65. The number of aryl methyl sites for hydroxylation is 2. The number of alkyl halides is 3. The second kappa shape index (κ2) is 10.7. The summed E-state index contributed by atoms with van der Waals surface area (Å²) < 4.78 is 44.0. The normalized spacial score (nSPS) is 13.0. The molecule has 1 aromatic heterocycles. The molecule has 1 atom stereocenters. The van der Waals surface area contributed by atoms with E-state index in [-0.39, 0.29) is 29.9 Å². The number of oxazole rings is 1. The van der Waals surface area contributed by atoms with Gasteiger partial charge in [-0.05, 0) is 37.8 Å². The van der Waals surface area contributed by atoms with Crippen LogP contribution in [-0.4, -0.2) is 24.5 Å². The predicted molar refractivity (Wildman–Crippen MR) is 114 cm³/mol. The zero-order chi connectivity index (χ0) is 20.0. The molecule has 0 aliphatic rings. The molecule has 0 aliphatic heterocycles. The van der Waals surface area contributed by atoms with Crippen molar-refractivity contribution in [3.63, 3.8) is 0 Å². The van der Waals surface area contributed by atoms with Crippen molar-refractivity contribution in [3.8, 4) is 0 Å². The minimum Gasteiger partial charge on any atom is -0.444 e. The number of aromatic nitrogens is 1. The number of hydrogen-bond acceptors (Lipinski definition) is 3. The Balaban J connectivity index is 0.00000392.